The molecule has 5 nitrogen and oxygen atoms in total. The molecule has 1 aliphatic carbocycles. The minimum Gasteiger partial charge on any atom is -0.494 e. The third-order valence-electron chi connectivity index (χ3n) is 3.04. The molecule has 1 fully saturated rings. The SMILES string of the molecule is COc1c(Br)cc(Cl)cc1S(=O)(=O)N(CCO)C1CC1. The Balaban J connectivity index is 2.52. The third kappa shape index (κ3) is 3.12. The molecule has 0 radical (unpaired) electrons. The van der Waals surface area contributed by atoms with E-state index in [-0.39, 0.29) is 29.8 Å². The molecule has 1 aromatic carbocycles. The molecule has 2 rings (SSSR count). The highest BCUT2D eigenvalue weighted by Crippen LogP contribution is 2.39. The Labute approximate surface area is 131 Å². The fourth-order valence-corrected chi connectivity index (χ4v) is 5.06. The van der Waals surface area contributed by atoms with Crippen LogP contribution < -0.4 is 4.74 Å². The molecule has 1 N–H and O–H groups in total. The molecular weight excluding hydrogens is 370 g/mol. The standard InChI is InChI=1S/C12H15BrClNO4S/c1-19-12-10(13)6-8(14)7-11(12)20(17,18)15(4-5-16)9-2-3-9/h6-7,9,16H,2-5H2,1H3. The largest absolute Gasteiger partial charge is 0.494 e. The second-order valence-electron chi connectivity index (χ2n) is 4.49. The predicted octanol–water partition coefficient (Wildman–Crippen LogP) is 2.26. The van der Waals surface area contributed by atoms with Gasteiger partial charge in [-0.25, -0.2) is 8.42 Å². The minimum absolute atomic E-state index is 0.0136. The first-order valence-corrected chi connectivity index (χ1v) is 8.68. The van der Waals surface area contributed by atoms with Crippen LogP contribution in [0, 0.1) is 0 Å². The Morgan fingerprint density at radius 3 is 2.65 bits per heavy atom. The summed E-state index contributed by atoms with van der Waals surface area (Å²) < 4.78 is 32.4. The fraction of sp³-hybridized carbons (Fsp3) is 0.500. The van der Waals surface area contributed by atoms with Gasteiger partial charge in [-0.1, -0.05) is 11.6 Å². The molecule has 0 spiro atoms. The molecule has 1 aliphatic rings. The van der Waals surface area contributed by atoms with Crippen LogP contribution in [0.25, 0.3) is 0 Å². The Hall–Kier alpha value is -0.340. The fourth-order valence-electron chi connectivity index (χ4n) is 2.01. The normalized spacial score (nSPS) is 15.7. The van der Waals surface area contributed by atoms with Crippen molar-refractivity contribution in [3.63, 3.8) is 0 Å². The zero-order valence-corrected chi connectivity index (χ0v) is 14.0. The zero-order chi connectivity index (χ0) is 14.9. The van der Waals surface area contributed by atoms with Gasteiger partial charge >= 0.3 is 0 Å². The van der Waals surface area contributed by atoms with E-state index in [9.17, 15) is 8.42 Å². The number of sulfonamides is 1. The van der Waals surface area contributed by atoms with Crippen LogP contribution in [0.1, 0.15) is 12.8 Å². The van der Waals surface area contributed by atoms with Gasteiger partial charge in [0.15, 0.2) is 5.75 Å². The van der Waals surface area contributed by atoms with Crippen LogP contribution in [-0.4, -0.2) is 44.1 Å². The van der Waals surface area contributed by atoms with Crippen molar-refractivity contribution in [3.8, 4) is 5.75 Å². The lowest BCUT2D eigenvalue weighted by Crippen LogP contribution is -2.35. The number of hydrogen-bond donors (Lipinski definition) is 1. The molecular formula is C12H15BrClNO4S. The van der Waals surface area contributed by atoms with Crippen LogP contribution in [0.15, 0.2) is 21.5 Å². The molecule has 0 unspecified atom stereocenters. The van der Waals surface area contributed by atoms with Crippen molar-refractivity contribution in [1.82, 2.24) is 4.31 Å². The smallest absolute Gasteiger partial charge is 0.247 e. The highest BCUT2D eigenvalue weighted by Gasteiger charge is 2.39. The Kier molecular flexibility index (Phi) is 4.96. The highest BCUT2D eigenvalue weighted by molar-refractivity contribution is 9.10. The molecule has 20 heavy (non-hydrogen) atoms. The highest BCUT2D eigenvalue weighted by atomic mass is 79.9. The number of ether oxygens (including phenoxy) is 1. The lowest BCUT2D eigenvalue weighted by atomic mass is 10.3. The summed E-state index contributed by atoms with van der Waals surface area (Å²) in [7, 11) is -2.35. The average Bonchev–Trinajstić information content (AvgIpc) is 3.19. The van der Waals surface area contributed by atoms with Gasteiger partial charge in [0, 0.05) is 17.6 Å². The Morgan fingerprint density at radius 2 is 2.15 bits per heavy atom. The summed E-state index contributed by atoms with van der Waals surface area (Å²) in [5.74, 6) is 0.220. The summed E-state index contributed by atoms with van der Waals surface area (Å²) in [6.07, 6.45) is 1.62. The summed E-state index contributed by atoms with van der Waals surface area (Å²) in [4.78, 5) is 0.0136. The summed E-state index contributed by atoms with van der Waals surface area (Å²) >= 11 is 9.19. The number of rotatable bonds is 6. The Bertz CT molecular complexity index is 604. The predicted molar refractivity (Wildman–Crippen MR) is 79.7 cm³/mol. The van der Waals surface area contributed by atoms with Crippen LogP contribution in [0.2, 0.25) is 5.02 Å². The maximum Gasteiger partial charge on any atom is 0.247 e. The molecule has 0 saturated heterocycles. The van der Waals surface area contributed by atoms with Crippen molar-refractivity contribution in [1.29, 1.82) is 0 Å². The van der Waals surface area contributed by atoms with Gasteiger partial charge in [-0.15, -0.1) is 0 Å². The molecule has 1 saturated carbocycles. The number of methoxy groups -OCH3 is 1. The van der Waals surface area contributed by atoms with Crippen molar-refractivity contribution < 1.29 is 18.3 Å². The Morgan fingerprint density at radius 1 is 1.50 bits per heavy atom. The monoisotopic (exact) mass is 383 g/mol. The van der Waals surface area contributed by atoms with Gasteiger partial charge in [-0.3, -0.25) is 0 Å². The first kappa shape index (κ1) is 16.0. The molecule has 1 aromatic rings. The number of halogens is 2. The number of aliphatic hydroxyl groups excluding tert-OH is 1. The molecule has 0 heterocycles. The summed E-state index contributed by atoms with van der Waals surface area (Å²) in [5.41, 5.74) is 0. The van der Waals surface area contributed by atoms with Crippen LogP contribution in [0.5, 0.6) is 5.75 Å². The van der Waals surface area contributed by atoms with Gasteiger partial charge in [0.05, 0.1) is 18.2 Å². The van der Waals surface area contributed by atoms with Crippen molar-refractivity contribution in [2.45, 2.75) is 23.8 Å². The van der Waals surface area contributed by atoms with Gasteiger partial charge in [0.25, 0.3) is 0 Å². The van der Waals surface area contributed by atoms with E-state index in [0.717, 1.165) is 12.8 Å². The van der Waals surface area contributed by atoms with Gasteiger partial charge in [0.2, 0.25) is 10.0 Å². The van der Waals surface area contributed by atoms with Crippen LogP contribution >= 0.6 is 27.5 Å². The first-order chi connectivity index (χ1) is 9.41. The quantitative estimate of drug-likeness (QED) is 0.817. The van der Waals surface area contributed by atoms with Crippen molar-refractivity contribution >= 4 is 37.6 Å². The van der Waals surface area contributed by atoms with E-state index in [2.05, 4.69) is 15.9 Å². The van der Waals surface area contributed by atoms with Crippen molar-refractivity contribution in [3.05, 3.63) is 21.6 Å². The van der Waals surface area contributed by atoms with E-state index in [1.807, 2.05) is 0 Å². The van der Waals surface area contributed by atoms with Gasteiger partial charge in [-0.05, 0) is 40.9 Å². The van der Waals surface area contributed by atoms with E-state index in [1.165, 1.54) is 17.5 Å². The van der Waals surface area contributed by atoms with E-state index in [0.29, 0.717) is 9.50 Å². The maximum atomic E-state index is 12.7. The van der Waals surface area contributed by atoms with Crippen LogP contribution in [0.3, 0.4) is 0 Å². The number of benzene rings is 1. The molecule has 0 atom stereocenters. The molecule has 112 valence electrons. The molecule has 0 bridgehead atoms. The second-order valence-corrected chi connectivity index (χ2v) is 7.64. The van der Waals surface area contributed by atoms with E-state index in [1.54, 1.807) is 6.07 Å². The van der Waals surface area contributed by atoms with Crippen molar-refractivity contribution in [2.75, 3.05) is 20.3 Å². The van der Waals surface area contributed by atoms with E-state index >= 15 is 0 Å². The van der Waals surface area contributed by atoms with Gasteiger partial charge in [-0.2, -0.15) is 4.31 Å². The minimum atomic E-state index is -3.75. The van der Waals surface area contributed by atoms with Crippen molar-refractivity contribution in [2.24, 2.45) is 0 Å². The first-order valence-electron chi connectivity index (χ1n) is 6.07. The van der Waals surface area contributed by atoms with Crippen LogP contribution in [-0.2, 0) is 10.0 Å². The molecule has 0 aromatic heterocycles. The summed E-state index contributed by atoms with van der Waals surface area (Å²) in [6, 6.07) is 2.90. The lowest BCUT2D eigenvalue weighted by molar-refractivity contribution is 0.250. The van der Waals surface area contributed by atoms with Gasteiger partial charge in [0.1, 0.15) is 4.90 Å². The second kappa shape index (κ2) is 6.19. The lowest BCUT2D eigenvalue weighted by Gasteiger charge is -2.22. The molecule has 0 aliphatic heterocycles. The zero-order valence-electron chi connectivity index (χ0n) is 10.8. The maximum absolute atomic E-state index is 12.7. The molecule has 8 heteroatoms. The molecule has 0 amide bonds. The summed E-state index contributed by atoms with van der Waals surface area (Å²) in [6.45, 7) is -0.153. The number of hydrogen-bond acceptors (Lipinski definition) is 4. The number of nitrogens with zero attached hydrogens (tertiary/aromatic N) is 1. The van der Waals surface area contributed by atoms with Gasteiger partial charge < -0.3 is 9.84 Å². The topological polar surface area (TPSA) is 66.8 Å². The van der Waals surface area contributed by atoms with Crippen LogP contribution in [0.4, 0.5) is 0 Å². The number of aliphatic hydroxyl groups is 1. The summed E-state index contributed by atoms with van der Waals surface area (Å²) in [5, 5.41) is 9.39. The third-order valence-corrected chi connectivity index (χ3v) is 5.80. The van der Waals surface area contributed by atoms with E-state index < -0.39 is 10.0 Å². The van der Waals surface area contributed by atoms with E-state index in [4.69, 9.17) is 21.4 Å². The average molecular weight is 385 g/mol.